The minimum absolute atomic E-state index is 0.137. The van der Waals surface area contributed by atoms with Gasteiger partial charge in [-0.05, 0) is 54.1 Å². The minimum Gasteiger partial charge on any atom is -0.365 e. The van der Waals surface area contributed by atoms with E-state index in [1.807, 2.05) is 0 Å². The molecule has 0 aromatic heterocycles. The molecule has 148 valence electrons. The first-order valence-corrected chi connectivity index (χ1v) is 12.3. The van der Waals surface area contributed by atoms with Crippen LogP contribution >= 0.6 is 11.8 Å². The highest BCUT2D eigenvalue weighted by Crippen LogP contribution is 2.45. The van der Waals surface area contributed by atoms with Crippen LogP contribution in [-0.4, -0.2) is 49.0 Å². The summed E-state index contributed by atoms with van der Waals surface area (Å²) < 4.78 is 29.5. The van der Waals surface area contributed by atoms with E-state index in [1.165, 1.54) is 22.9 Å². The normalized spacial score (nSPS) is 25.9. The highest BCUT2D eigenvalue weighted by molar-refractivity contribution is 8.18. The van der Waals surface area contributed by atoms with Crippen molar-refractivity contribution < 1.29 is 17.9 Å². The van der Waals surface area contributed by atoms with Gasteiger partial charge in [-0.15, -0.1) is 0 Å². The van der Waals surface area contributed by atoms with Crippen molar-refractivity contribution in [1.82, 2.24) is 4.90 Å². The van der Waals surface area contributed by atoms with Crippen molar-refractivity contribution in [3.8, 4) is 0 Å². The van der Waals surface area contributed by atoms with Crippen LogP contribution in [0.4, 0.5) is 0 Å². The van der Waals surface area contributed by atoms with Crippen LogP contribution in [0.1, 0.15) is 36.8 Å². The van der Waals surface area contributed by atoms with Gasteiger partial charge in [-0.2, -0.15) is 4.99 Å². The Morgan fingerprint density at radius 2 is 1.82 bits per heavy atom. The summed E-state index contributed by atoms with van der Waals surface area (Å²) in [6.07, 6.45) is 2.66. The fourth-order valence-corrected chi connectivity index (χ4v) is 6.95. The maximum Gasteiger partial charge on any atom is 0.286 e. The summed E-state index contributed by atoms with van der Waals surface area (Å²) in [6.45, 7) is 2.26. The molecule has 1 amide bonds. The van der Waals surface area contributed by atoms with Gasteiger partial charge >= 0.3 is 0 Å². The van der Waals surface area contributed by atoms with Crippen molar-refractivity contribution >= 4 is 32.7 Å². The Morgan fingerprint density at radius 3 is 2.57 bits per heavy atom. The first kappa shape index (κ1) is 18.4. The van der Waals surface area contributed by atoms with E-state index >= 15 is 0 Å². The van der Waals surface area contributed by atoms with E-state index < -0.39 is 9.84 Å². The van der Waals surface area contributed by atoms with Gasteiger partial charge in [0.15, 0.2) is 15.0 Å². The number of amides is 1. The van der Waals surface area contributed by atoms with Gasteiger partial charge in [0.25, 0.3) is 5.91 Å². The smallest absolute Gasteiger partial charge is 0.286 e. The van der Waals surface area contributed by atoms with Crippen molar-refractivity contribution in [1.29, 1.82) is 0 Å². The van der Waals surface area contributed by atoms with Crippen molar-refractivity contribution in [2.24, 2.45) is 4.99 Å². The van der Waals surface area contributed by atoms with Crippen LogP contribution in [0.2, 0.25) is 0 Å². The van der Waals surface area contributed by atoms with Gasteiger partial charge in [-0.1, -0.05) is 24.3 Å². The molecule has 0 aliphatic carbocycles. The molecule has 8 heteroatoms. The quantitative estimate of drug-likeness (QED) is 0.603. The number of carbonyl (C=O) groups excluding carboxylic acids is 1. The Bertz CT molecular complexity index is 989. The minimum atomic E-state index is -2.95. The molecule has 1 spiro atoms. The predicted molar refractivity (Wildman–Crippen MR) is 109 cm³/mol. The predicted octanol–water partition coefficient (Wildman–Crippen LogP) is 2.60. The van der Waals surface area contributed by atoms with Gasteiger partial charge < -0.3 is 9.64 Å². The highest BCUT2D eigenvalue weighted by Gasteiger charge is 2.43. The number of hydrogen-bond acceptors (Lipinski definition) is 6. The molecule has 1 aromatic carbocycles. The number of piperidine rings is 1. The maximum absolute atomic E-state index is 12.4. The molecule has 2 saturated heterocycles. The largest absolute Gasteiger partial charge is 0.365 e. The zero-order valence-corrected chi connectivity index (χ0v) is 17.2. The van der Waals surface area contributed by atoms with Gasteiger partial charge in [0.2, 0.25) is 0 Å². The summed E-state index contributed by atoms with van der Waals surface area (Å²) in [6, 6.07) is 8.43. The Balaban J connectivity index is 1.28. The number of benzene rings is 1. The number of allylic oxidation sites excluding steroid dienone is 1. The van der Waals surface area contributed by atoms with Crippen LogP contribution in [0, 0.1) is 0 Å². The molecule has 6 nitrogen and oxygen atoms in total. The molecule has 0 atom stereocenters. The van der Waals surface area contributed by atoms with E-state index in [1.54, 1.807) is 0 Å². The molecule has 4 aliphatic rings. The molecule has 0 bridgehead atoms. The molecule has 0 N–H and O–H groups in total. The van der Waals surface area contributed by atoms with Gasteiger partial charge in [0, 0.05) is 13.1 Å². The van der Waals surface area contributed by atoms with Crippen LogP contribution in [0.5, 0.6) is 0 Å². The van der Waals surface area contributed by atoms with Gasteiger partial charge in [0.05, 0.1) is 28.6 Å². The zero-order chi connectivity index (χ0) is 19.4. The Labute approximate surface area is 169 Å². The van der Waals surface area contributed by atoms with Crippen LogP contribution < -0.4 is 0 Å². The second-order valence-corrected chi connectivity index (χ2v) is 11.1. The number of hydrogen-bond donors (Lipinski definition) is 0. The molecule has 0 radical (unpaired) electrons. The monoisotopic (exact) mass is 418 g/mol. The standard InChI is InChI=1S/C20H22N2O4S2/c23-18-17(14-5-11-28(24,25)12-6-14)27-19(21-18)22-9-7-20(8-10-22)16-4-2-1-3-15(16)13-26-20/h1-4H,5-13H2. The molecule has 0 saturated carbocycles. The number of aliphatic imine (C=N–C) groups is 1. The summed E-state index contributed by atoms with van der Waals surface area (Å²) in [5, 5.41) is 0.752. The van der Waals surface area contributed by atoms with E-state index in [-0.39, 0.29) is 23.0 Å². The number of ether oxygens (including phenoxy) is 1. The Morgan fingerprint density at radius 1 is 1.11 bits per heavy atom. The van der Waals surface area contributed by atoms with Gasteiger partial charge in [-0.25, -0.2) is 8.42 Å². The van der Waals surface area contributed by atoms with Crippen molar-refractivity contribution in [3.05, 3.63) is 45.9 Å². The first-order chi connectivity index (χ1) is 13.5. The van der Waals surface area contributed by atoms with Crippen LogP contribution in [0.25, 0.3) is 0 Å². The lowest BCUT2D eigenvalue weighted by atomic mass is 9.84. The molecule has 4 heterocycles. The topological polar surface area (TPSA) is 76.0 Å². The number of sulfone groups is 1. The number of fused-ring (bicyclic) bond motifs is 2. The number of likely N-dealkylation sites (tertiary alicyclic amines) is 1. The second kappa shape index (κ2) is 6.71. The van der Waals surface area contributed by atoms with Crippen molar-refractivity contribution in [2.45, 2.75) is 37.9 Å². The van der Waals surface area contributed by atoms with E-state index in [2.05, 4.69) is 34.2 Å². The average molecular weight is 419 g/mol. The number of rotatable bonds is 0. The van der Waals surface area contributed by atoms with Gasteiger partial charge in [0.1, 0.15) is 0 Å². The Kier molecular flexibility index (Phi) is 4.41. The number of thioether (sulfide) groups is 1. The fourth-order valence-electron chi connectivity index (χ4n) is 4.52. The average Bonchev–Trinajstić information content (AvgIpc) is 3.25. The molecule has 1 aromatic rings. The van der Waals surface area contributed by atoms with Crippen LogP contribution in [0.3, 0.4) is 0 Å². The summed E-state index contributed by atoms with van der Waals surface area (Å²) in [7, 11) is -2.95. The lowest BCUT2D eigenvalue weighted by molar-refractivity contribution is -0.113. The number of amidine groups is 1. The lowest BCUT2D eigenvalue weighted by Crippen LogP contribution is -2.44. The van der Waals surface area contributed by atoms with Crippen LogP contribution in [-0.2, 0) is 31.6 Å². The first-order valence-electron chi connectivity index (χ1n) is 9.66. The zero-order valence-electron chi connectivity index (χ0n) is 15.5. The van der Waals surface area contributed by atoms with E-state index in [4.69, 9.17) is 4.74 Å². The van der Waals surface area contributed by atoms with E-state index in [9.17, 15) is 13.2 Å². The Hall–Kier alpha value is -1.64. The fraction of sp³-hybridized carbons (Fsp3) is 0.500. The summed E-state index contributed by atoms with van der Waals surface area (Å²) >= 11 is 1.42. The molecular weight excluding hydrogens is 396 g/mol. The van der Waals surface area contributed by atoms with E-state index in [0.29, 0.717) is 24.4 Å². The molecule has 5 rings (SSSR count). The highest BCUT2D eigenvalue weighted by atomic mass is 32.2. The summed E-state index contributed by atoms with van der Waals surface area (Å²) in [5.74, 6) is 0.0627. The van der Waals surface area contributed by atoms with Gasteiger partial charge in [-0.3, -0.25) is 4.79 Å². The van der Waals surface area contributed by atoms with Crippen LogP contribution in [0.15, 0.2) is 39.7 Å². The third kappa shape index (κ3) is 3.11. The molecule has 4 aliphatic heterocycles. The van der Waals surface area contributed by atoms with E-state index in [0.717, 1.165) is 36.7 Å². The SMILES string of the molecule is O=C1N=C(N2CCC3(CC2)OCc2ccccc23)SC1=C1CCS(=O)(=O)CC1. The maximum atomic E-state index is 12.4. The summed E-state index contributed by atoms with van der Waals surface area (Å²) in [5.41, 5.74) is 3.32. The molecule has 28 heavy (non-hydrogen) atoms. The van der Waals surface area contributed by atoms with Crippen molar-refractivity contribution in [2.75, 3.05) is 24.6 Å². The lowest BCUT2D eigenvalue weighted by Gasteiger charge is -2.39. The molecule has 2 fully saturated rings. The van der Waals surface area contributed by atoms with Crippen molar-refractivity contribution in [3.63, 3.8) is 0 Å². The molecular formula is C20H22N2O4S2. The molecule has 0 unspecified atom stereocenters. The number of carbonyl (C=O) groups is 1. The summed E-state index contributed by atoms with van der Waals surface area (Å²) in [4.78, 5) is 19.5. The second-order valence-electron chi connectivity index (χ2n) is 7.81. The third-order valence-electron chi connectivity index (χ3n) is 6.19. The third-order valence-corrected chi connectivity index (χ3v) is 9.04. The number of nitrogens with zero attached hydrogens (tertiary/aromatic N) is 2.